The van der Waals surface area contributed by atoms with Crippen LogP contribution in [0.25, 0.3) is 6.08 Å². The molecule has 0 heterocycles. The van der Waals surface area contributed by atoms with Crippen molar-refractivity contribution >= 4 is 29.4 Å². The number of ether oxygens (including phenoxy) is 1. The van der Waals surface area contributed by atoms with Gasteiger partial charge in [-0.05, 0) is 59.8 Å². The number of nitrogens with one attached hydrogen (secondary N) is 1. The third kappa shape index (κ3) is 5.86. The molecule has 8 heteroatoms. The maximum absolute atomic E-state index is 12.3. The Hall–Kier alpha value is -2.92. The highest BCUT2D eigenvalue weighted by Crippen LogP contribution is 2.37. The fourth-order valence-electron chi connectivity index (χ4n) is 1.95. The first-order valence-electron chi connectivity index (χ1n) is 7.24. The van der Waals surface area contributed by atoms with Crippen LogP contribution >= 0.6 is 11.8 Å². The minimum absolute atomic E-state index is 0.00443. The molecule has 0 bridgehead atoms. The molecule has 26 heavy (non-hydrogen) atoms. The Balaban J connectivity index is 2.08. The Bertz CT molecular complexity index is 839. The van der Waals surface area contributed by atoms with Gasteiger partial charge in [0.15, 0.2) is 0 Å². The molecule has 134 valence electrons. The Morgan fingerprint density at radius 1 is 1.15 bits per heavy atom. The van der Waals surface area contributed by atoms with E-state index in [-0.39, 0.29) is 27.9 Å². The number of nitrogens with zero attached hydrogens (tertiary/aromatic N) is 1. The zero-order valence-electron chi connectivity index (χ0n) is 13.5. The molecule has 0 aromatic heterocycles. The number of benzene rings is 2. The van der Waals surface area contributed by atoms with E-state index in [4.69, 9.17) is 4.74 Å². The van der Waals surface area contributed by atoms with E-state index in [0.29, 0.717) is 11.3 Å². The minimum atomic E-state index is -4.38. The van der Waals surface area contributed by atoms with E-state index in [1.54, 1.807) is 30.3 Å². The van der Waals surface area contributed by atoms with Crippen LogP contribution in [0.4, 0.5) is 18.9 Å². The SMILES string of the molecule is COc1ccc(/C=C(\C#N)C(=O)Nc2ccc(SC(F)(F)F)cc2)cc1. The van der Waals surface area contributed by atoms with Gasteiger partial charge in [-0.15, -0.1) is 0 Å². The van der Waals surface area contributed by atoms with E-state index in [0.717, 1.165) is 0 Å². The second-order valence-corrected chi connectivity index (χ2v) is 6.11. The predicted octanol–water partition coefficient (Wildman–Crippen LogP) is 4.85. The molecular weight excluding hydrogens is 365 g/mol. The molecule has 2 rings (SSSR count). The highest BCUT2D eigenvalue weighted by Gasteiger charge is 2.29. The number of amides is 1. The fourth-order valence-corrected chi connectivity index (χ4v) is 2.49. The molecule has 0 radical (unpaired) electrons. The van der Waals surface area contributed by atoms with Crippen molar-refractivity contribution in [1.29, 1.82) is 5.26 Å². The maximum Gasteiger partial charge on any atom is 0.446 e. The molecule has 0 aliphatic carbocycles. The molecule has 2 aromatic rings. The molecular formula is C18H13F3N2O2S. The average molecular weight is 378 g/mol. The highest BCUT2D eigenvalue weighted by molar-refractivity contribution is 8.00. The quantitative estimate of drug-likeness (QED) is 0.459. The fraction of sp³-hybridized carbons (Fsp3) is 0.111. The van der Waals surface area contributed by atoms with Gasteiger partial charge < -0.3 is 10.1 Å². The Kier molecular flexibility index (Phi) is 6.31. The van der Waals surface area contributed by atoms with E-state index < -0.39 is 11.4 Å². The monoisotopic (exact) mass is 378 g/mol. The third-order valence-electron chi connectivity index (χ3n) is 3.14. The van der Waals surface area contributed by atoms with Crippen LogP contribution in [-0.2, 0) is 4.79 Å². The van der Waals surface area contributed by atoms with Crippen molar-refractivity contribution in [3.05, 3.63) is 59.7 Å². The standard InChI is InChI=1S/C18H13F3N2O2S/c1-25-15-6-2-12(3-7-15)10-13(11-22)17(24)23-14-4-8-16(9-5-14)26-18(19,20)21/h2-10H,1H3,(H,23,24)/b13-10+. The lowest BCUT2D eigenvalue weighted by atomic mass is 10.1. The lowest BCUT2D eigenvalue weighted by molar-refractivity contribution is -0.112. The number of alkyl halides is 3. The van der Waals surface area contributed by atoms with E-state index in [1.807, 2.05) is 0 Å². The van der Waals surface area contributed by atoms with E-state index in [9.17, 15) is 23.2 Å². The first kappa shape index (κ1) is 19.4. The number of anilines is 1. The van der Waals surface area contributed by atoms with Crippen LogP contribution < -0.4 is 10.1 Å². The van der Waals surface area contributed by atoms with E-state index in [1.165, 1.54) is 37.5 Å². The van der Waals surface area contributed by atoms with Crippen molar-refractivity contribution in [2.24, 2.45) is 0 Å². The predicted molar refractivity (Wildman–Crippen MR) is 93.6 cm³/mol. The summed E-state index contributed by atoms with van der Waals surface area (Å²) in [4.78, 5) is 12.2. The topological polar surface area (TPSA) is 62.1 Å². The summed E-state index contributed by atoms with van der Waals surface area (Å²) in [5.74, 6) is -0.0125. The molecule has 4 nitrogen and oxygen atoms in total. The van der Waals surface area contributed by atoms with Gasteiger partial charge in [0.2, 0.25) is 0 Å². The average Bonchev–Trinajstić information content (AvgIpc) is 2.60. The molecule has 0 saturated heterocycles. The van der Waals surface area contributed by atoms with Crippen LogP contribution in [0.1, 0.15) is 5.56 Å². The minimum Gasteiger partial charge on any atom is -0.497 e. The van der Waals surface area contributed by atoms with Gasteiger partial charge in [0, 0.05) is 10.6 Å². The molecule has 0 fully saturated rings. The van der Waals surface area contributed by atoms with Crippen LogP contribution in [0.2, 0.25) is 0 Å². The number of hydrogen-bond donors (Lipinski definition) is 1. The van der Waals surface area contributed by atoms with Crippen LogP contribution in [0.15, 0.2) is 59.0 Å². The zero-order chi connectivity index (χ0) is 19.2. The summed E-state index contributed by atoms with van der Waals surface area (Å²) >= 11 is -0.243. The van der Waals surface area contributed by atoms with Gasteiger partial charge in [0.25, 0.3) is 5.91 Å². The molecule has 0 aliphatic rings. The summed E-state index contributed by atoms with van der Waals surface area (Å²) in [5, 5.41) is 11.7. The molecule has 0 unspecified atom stereocenters. The summed E-state index contributed by atoms with van der Waals surface area (Å²) in [6, 6.07) is 13.7. The summed E-state index contributed by atoms with van der Waals surface area (Å²) < 4.78 is 41.9. The first-order valence-corrected chi connectivity index (χ1v) is 8.05. The first-order chi connectivity index (χ1) is 12.3. The molecule has 1 amide bonds. The third-order valence-corrected chi connectivity index (χ3v) is 3.88. The molecule has 0 saturated carbocycles. The highest BCUT2D eigenvalue weighted by atomic mass is 32.2. The number of nitriles is 1. The summed E-state index contributed by atoms with van der Waals surface area (Å²) in [6.45, 7) is 0. The van der Waals surface area contributed by atoms with Crippen molar-refractivity contribution in [3.8, 4) is 11.8 Å². The van der Waals surface area contributed by atoms with Crippen LogP contribution in [0.3, 0.4) is 0 Å². The second-order valence-electron chi connectivity index (χ2n) is 4.97. The normalized spacial score (nSPS) is 11.6. The number of methoxy groups -OCH3 is 1. The van der Waals surface area contributed by atoms with Crippen molar-refractivity contribution in [2.45, 2.75) is 10.4 Å². The van der Waals surface area contributed by atoms with Gasteiger partial charge in [-0.1, -0.05) is 12.1 Å². The van der Waals surface area contributed by atoms with Gasteiger partial charge in [0.05, 0.1) is 7.11 Å². The lowest BCUT2D eigenvalue weighted by Crippen LogP contribution is -2.13. The zero-order valence-corrected chi connectivity index (χ0v) is 14.3. The Labute approximate surface area is 152 Å². The van der Waals surface area contributed by atoms with Crippen molar-refractivity contribution < 1.29 is 22.7 Å². The van der Waals surface area contributed by atoms with Crippen molar-refractivity contribution in [1.82, 2.24) is 0 Å². The largest absolute Gasteiger partial charge is 0.497 e. The summed E-state index contributed by atoms with van der Waals surface area (Å²) in [6.07, 6.45) is 1.41. The molecule has 0 aliphatic heterocycles. The summed E-state index contributed by atoms with van der Waals surface area (Å²) in [7, 11) is 1.53. The number of hydrogen-bond acceptors (Lipinski definition) is 4. The number of carbonyl (C=O) groups is 1. The van der Waals surface area contributed by atoms with Gasteiger partial charge in [-0.2, -0.15) is 18.4 Å². The number of thioether (sulfide) groups is 1. The van der Waals surface area contributed by atoms with Crippen molar-refractivity contribution in [3.63, 3.8) is 0 Å². The van der Waals surface area contributed by atoms with Gasteiger partial charge in [-0.25, -0.2) is 0 Å². The van der Waals surface area contributed by atoms with Crippen LogP contribution in [0, 0.1) is 11.3 Å². The Morgan fingerprint density at radius 3 is 2.27 bits per heavy atom. The summed E-state index contributed by atoms with van der Waals surface area (Å²) in [5.41, 5.74) is -3.59. The smallest absolute Gasteiger partial charge is 0.446 e. The molecule has 0 atom stereocenters. The van der Waals surface area contributed by atoms with Gasteiger partial charge in [0.1, 0.15) is 17.4 Å². The molecule has 2 aromatic carbocycles. The Morgan fingerprint density at radius 2 is 1.77 bits per heavy atom. The lowest BCUT2D eigenvalue weighted by Gasteiger charge is -2.08. The maximum atomic E-state index is 12.3. The van der Waals surface area contributed by atoms with Crippen molar-refractivity contribution in [2.75, 3.05) is 12.4 Å². The van der Waals surface area contributed by atoms with E-state index in [2.05, 4.69) is 5.32 Å². The van der Waals surface area contributed by atoms with Crippen LogP contribution in [0.5, 0.6) is 5.75 Å². The van der Waals surface area contributed by atoms with Gasteiger partial charge >= 0.3 is 5.51 Å². The van der Waals surface area contributed by atoms with Gasteiger partial charge in [-0.3, -0.25) is 4.79 Å². The molecule has 1 N–H and O–H groups in total. The van der Waals surface area contributed by atoms with Crippen LogP contribution in [-0.4, -0.2) is 18.5 Å². The van der Waals surface area contributed by atoms with E-state index >= 15 is 0 Å². The second kappa shape index (κ2) is 8.45. The number of halogens is 3. The number of carbonyl (C=O) groups excluding carboxylic acids is 1. The number of rotatable bonds is 5. The molecule has 0 spiro atoms.